The van der Waals surface area contributed by atoms with Crippen LogP contribution in [0.4, 0.5) is 4.79 Å². The van der Waals surface area contributed by atoms with Gasteiger partial charge in [0.05, 0.1) is 12.1 Å². The summed E-state index contributed by atoms with van der Waals surface area (Å²) in [6.45, 7) is 1.82. The summed E-state index contributed by atoms with van der Waals surface area (Å²) >= 11 is 0. The van der Waals surface area contributed by atoms with E-state index in [0.29, 0.717) is 37.7 Å². The zero-order chi connectivity index (χ0) is 20.0. The third-order valence-electron chi connectivity index (χ3n) is 4.85. The summed E-state index contributed by atoms with van der Waals surface area (Å²) in [7, 11) is -6.95. The fourth-order valence-electron chi connectivity index (χ4n) is 3.41. The minimum Gasteiger partial charge on any atom is -0.385 e. The molecule has 0 aromatic carbocycles. The van der Waals surface area contributed by atoms with Gasteiger partial charge in [-0.3, -0.25) is 4.55 Å². The van der Waals surface area contributed by atoms with E-state index in [2.05, 4.69) is 8.68 Å². The molecule has 3 N–H and O–H groups in total. The Bertz CT molecular complexity index is 836. The molecule has 15 heteroatoms. The van der Waals surface area contributed by atoms with E-state index in [4.69, 9.17) is 10.3 Å². The number of hydrogen-bond donors (Lipinski definition) is 2. The van der Waals surface area contributed by atoms with Crippen molar-refractivity contribution in [3.05, 3.63) is 0 Å². The van der Waals surface area contributed by atoms with Gasteiger partial charge < -0.3 is 15.5 Å². The van der Waals surface area contributed by atoms with Gasteiger partial charge in [0, 0.05) is 32.7 Å². The van der Waals surface area contributed by atoms with Crippen molar-refractivity contribution in [3.8, 4) is 0 Å². The maximum Gasteiger partial charge on any atom is 0.418 e. The van der Waals surface area contributed by atoms with Gasteiger partial charge in [-0.1, -0.05) is 0 Å². The first-order valence-corrected chi connectivity index (χ1v) is 11.0. The predicted molar refractivity (Wildman–Crippen MR) is 93.0 cm³/mol. The normalized spacial score (nSPS) is 28.8. The van der Waals surface area contributed by atoms with Crippen LogP contribution >= 0.6 is 0 Å². The van der Waals surface area contributed by atoms with Gasteiger partial charge in [-0.05, 0) is 19.9 Å². The van der Waals surface area contributed by atoms with E-state index in [1.807, 2.05) is 11.9 Å². The molecule has 0 aromatic heterocycles. The monoisotopic (exact) mass is 426 g/mol. The van der Waals surface area contributed by atoms with Crippen LogP contribution in [0.5, 0.6) is 0 Å². The SMILES string of the molecule is CN1CCN(S(=O)(=O)N=C(N)[C@@H]2CC[C@@H]3CN2C(=O)N3OS(=O)(=O)O)CC1. The van der Waals surface area contributed by atoms with Gasteiger partial charge >= 0.3 is 26.6 Å². The minimum atomic E-state index is -4.85. The van der Waals surface area contributed by atoms with Crippen LogP contribution in [-0.2, 0) is 24.9 Å². The smallest absolute Gasteiger partial charge is 0.385 e. The number of nitrogens with zero attached hydrogens (tertiary/aromatic N) is 5. The maximum absolute atomic E-state index is 12.5. The molecule has 13 nitrogen and oxygen atoms in total. The van der Waals surface area contributed by atoms with E-state index < -0.39 is 38.7 Å². The summed E-state index contributed by atoms with van der Waals surface area (Å²) in [6, 6.07) is -2.21. The van der Waals surface area contributed by atoms with Crippen LogP contribution in [0.15, 0.2) is 4.40 Å². The molecule has 0 aromatic rings. The highest BCUT2D eigenvalue weighted by atomic mass is 32.3. The van der Waals surface area contributed by atoms with Crippen LogP contribution in [0.2, 0.25) is 0 Å². The Hall–Kier alpha value is -1.52. The van der Waals surface area contributed by atoms with Crippen molar-refractivity contribution in [1.29, 1.82) is 0 Å². The number of nitrogens with two attached hydrogens (primary N) is 1. The number of piperidine rings is 1. The lowest BCUT2D eigenvalue weighted by Crippen LogP contribution is -2.50. The largest absolute Gasteiger partial charge is 0.418 e. The second-order valence-corrected chi connectivity index (χ2v) is 9.31. The summed E-state index contributed by atoms with van der Waals surface area (Å²) < 4.78 is 64.8. The molecular formula is C12H22N6O7S2. The molecule has 3 fully saturated rings. The first-order chi connectivity index (χ1) is 12.5. The van der Waals surface area contributed by atoms with Gasteiger partial charge in [-0.25, -0.2) is 4.79 Å². The van der Waals surface area contributed by atoms with Gasteiger partial charge in [0.1, 0.15) is 5.84 Å². The van der Waals surface area contributed by atoms with Crippen LogP contribution in [0.1, 0.15) is 12.8 Å². The molecule has 2 bridgehead atoms. The molecule has 2 atom stereocenters. The average molecular weight is 426 g/mol. The average Bonchev–Trinajstić information content (AvgIpc) is 2.78. The second-order valence-electron chi connectivity index (χ2n) is 6.71. The van der Waals surface area contributed by atoms with Crippen molar-refractivity contribution in [2.24, 2.45) is 10.1 Å². The second kappa shape index (κ2) is 7.14. The van der Waals surface area contributed by atoms with E-state index in [0.717, 1.165) is 0 Å². The number of likely N-dealkylation sites (N-methyl/N-ethyl adjacent to an activating group) is 1. The molecular weight excluding hydrogens is 404 g/mol. The van der Waals surface area contributed by atoms with E-state index in [9.17, 15) is 21.6 Å². The molecule has 0 radical (unpaired) electrons. The zero-order valence-corrected chi connectivity index (χ0v) is 16.3. The van der Waals surface area contributed by atoms with E-state index in [-0.39, 0.29) is 18.8 Å². The van der Waals surface area contributed by atoms with Gasteiger partial charge in [0.2, 0.25) is 0 Å². The molecule has 2 amide bonds. The standard InChI is InChI=1S/C12H22N6O7S2/c1-15-4-6-16(7-5-15)26(20,21)14-11(13)10-3-2-9-8-17(10)12(19)18(9)25-27(22,23)24/h9-10H,2-8H2,1H3,(H2,13,14)(H,22,23,24)/t9-,10+/m1/s1. The zero-order valence-electron chi connectivity index (χ0n) is 14.6. The molecule has 0 spiro atoms. The highest BCUT2D eigenvalue weighted by Crippen LogP contribution is 2.31. The summed E-state index contributed by atoms with van der Waals surface area (Å²) in [5.74, 6) is -0.241. The number of carbonyl (C=O) groups excluding carboxylic acids is 1. The number of hydrogen-bond acceptors (Lipinski definition) is 7. The third kappa shape index (κ3) is 4.33. The first-order valence-electron chi connectivity index (χ1n) is 8.29. The van der Waals surface area contributed by atoms with E-state index in [1.165, 1.54) is 9.21 Å². The Balaban J connectivity index is 1.75. The Kier molecular flexibility index (Phi) is 5.35. The molecule has 3 saturated heterocycles. The van der Waals surface area contributed by atoms with Gasteiger partial charge in [0.15, 0.2) is 0 Å². The number of fused-ring (bicyclic) bond motifs is 2. The number of hydroxylamine groups is 2. The van der Waals surface area contributed by atoms with Gasteiger partial charge in [-0.2, -0.15) is 26.2 Å². The van der Waals surface area contributed by atoms with Crippen LogP contribution in [0.3, 0.4) is 0 Å². The molecule has 0 saturated carbocycles. The number of carbonyl (C=O) groups is 1. The Morgan fingerprint density at radius 3 is 2.41 bits per heavy atom. The quantitative estimate of drug-likeness (QED) is 0.283. The van der Waals surface area contributed by atoms with Crippen LogP contribution < -0.4 is 5.73 Å². The number of amidine groups is 1. The molecule has 0 aliphatic carbocycles. The molecule has 27 heavy (non-hydrogen) atoms. The summed E-state index contributed by atoms with van der Waals surface area (Å²) in [5.41, 5.74) is 5.90. The number of piperazine rings is 1. The lowest BCUT2D eigenvalue weighted by Gasteiger charge is -2.32. The summed E-state index contributed by atoms with van der Waals surface area (Å²) in [4.78, 5) is 15.5. The topological polar surface area (TPSA) is 166 Å². The highest BCUT2D eigenvalue weighted by Gasteiger charge is 2.48. The number of urea groups is 1. The number of rotatable bonds is 5. The van der Waals surface area contributed by atoms with Crippen molar-refractivity contribution >= 4 is 32.5 Å². The first kappa shape index (κ1) is 20.2. The molecule has 0 unspecified atom stereocenters. The third-order valence-corrected chi connectivity index (χ3v) is 6.66. The molecule has 154 valence electrons. The van der Waals surface area contributed by atoms with Gasteiger partial charge in [-0.15, -0.1) is 8.68 Å². The van der Waals surface area contributed by atoms with Crippen LogP contribution in [0.25, 0.3) is 0 Å². The molecule has 3 aliphatic rings. The highest BCUT2D eigenvalue weighted by molar-refractivity contribution is 7.88. The fourth-order valence-corrected chi connectivity index (χ4v) is 4.93. The summed E-state index contributed by atoms with van der Waals surface area (Å²) in [5, 5.41) is 0.567. The van der Waals surface area contributed by atoms with Gasteiger partial charge in [0.25, 0.3) is 0 Å². The Morgan fingerprint density at radius 1 is 1.19 bits per heavy atom. The lowest BCUT2D eigenvalue weighted by molar-refractivity contribution is -0.0316. The lowest BCUT2D eigenvalue weighted by atomic mass is 10.0. The summed E-state index contributed by atoms with van der Waals surface area (Å²) in [6.07, 6.45) is 0.600. The van der Waals surface area contributed by atoms with Crippen molar-refractivity contribution in [1.82, 2.24) is 19.2 Å². The van der Waals surface area contributed by atoms with Crippen molar-refractivity contribution < 1.29 is 30.5 Å². The fraction of sp³-hybridized carbons (Fsp3) is 0.833. The van der Waals surface area contributed by atoms with Crippen LogP contribution in [-0.4, -0.2) is 104 Å². The predicted octanol–water partition coefficient (Wildman–Crippen LogP) is -2.16. The Morgan fingerprint density at radius 2 is 1.81 bits per heavy atom. The Labute approximate surface area is 157 Å². The molecule has 3 rings (SSSR count). The van der Waals surface area contributed by atoms with E-state index in [1.54, 1.807) is 0 Å². The van der Waals surface area contributed by atoms with Crippen LogP contribution in [0, 0.1) is 0 Å². The number of amides is 2. The van der Waals surface area contributed by atoms with Crippen molar-refractivity contribution in [2.75, 3.05) is 39.8 Å². The minimum absolute atomic E-state index is 0.0871. The maximum atomic E-state index is 12.5. The molecule has 3 aliphatic heterocycles. The molecule has 3 heterocycles. The van der Waals surface area contributed by atoms with Crippen molar-refractivity contribution in [3.63, 3.8) is 0 Å². The van der Waals surface area contributed by atoms with E-state index >= 15 is 0 Å². The van der Waals surface area contributed by atoms with Crippen molar-refractivity contribution in [2.45, 2.75) is 24.9 Å².